The van der Waals surface area contributed by atoms with Crippen molar-refractivity contribution < 1.29 is 14.3 Å². The van der Waals surface area contributed by atoms with E-state index in [1.165, 1.54) is 5.56 Å². The molecule has 1 unspecified atom stereocenters. The Labute approximate surface area is 199 Å². The van der Waals surface area contributed by atoms with Crippen molar-refractivity contribution in [1.82, 2.24) is 5.43 Å². The zero-order valence-corrected chi connectivity index (χ0v) is 20.5. The summed E-state index contributed by atoms with van der Waals surface area (Å²) in [7, 11) is 3.28. The van der Waals surface area contributed by atoms with E-state index >= 15 is 0 Å². The smallest absolute Gasteiger partial charge is 0.161 e. The molecule has 2 aromatic carbocycles. The maximum Gasteiger partial charge on any atom is 0.161 e. The van der Waals surface area contributed by atoms with Crippen LogP contribution in [-0.2, 0) is 11.2 Å². The minimum absolute atomic E-state index is 0.266. The molecule has 0 aromatic heterocycles. The molecule has 0 saturated carbocycles. The zero-order chi connectivity index (χ0) is 23.6. The van der Waals surface area contributed by atoms with Gasteiger partial charge in [-0.25, -0.2) is 0 Å². The van der Waals surface area contributed by atoms with Gasteiger partial charge in [-0.15, -0.1) is 11.8 Å². The summed E-state index contributed by atoms with van der Waals surface area (Å²) in [4.78, 5) is 18.3. The summed E-state index contributed by atoms with van der Waals surface area (Å²) in [6, 6.07) is 12.4. The number of hydrogen-bond acceptors (Lipinski definition) is 7. The number of ether oxygens (including phenoxy) is 2. The van der Waals surface area contributed by atoms with Crippen molar-refractivity contribution in [3.63, 3.8) is 0 Å². The van der Waals surface area contributed by atoms with Crippen molar-refractivity contribution in [2.75, 3.05) is 32.2 Å². The van der Waals surface area contributed by atoms with E-state index < -0.39 is 0 Å². The van der Waals surface area contributed by atoms with Gasteiger partial charge in [0.2, 0.25) is 0 Å². The maximum absolute atomic E-state index is 11.2. The molecule has 2 aliphatic rings. The second kappa shape index (κ2) is 9.47. The van der Waals surface area contributed by atoms with Crippen LogP contribution in [0.5, 0.6) is 11.5 Å². The van der Waals surface area contributed by atoms with Gasteiger partial charge in [-0.3, -0.25) is 10.4 Å². The van der Waals surface area contributed by atoms with Gasteiger partial charge < -0.3 is 19.2 Å². The molecule has 0 aliphatic carbocycles. The number of fused-ring (bicyclic) bond motifs is 1. The zero-order valence-electron chi connectivity index (χ0n) is 19.7. The summed E-state index contributed by atoms with van der Waals surface area (Å²) in [6.45, 7) is 7.79. The van der Waals surface area contributed by atoms with Crippen LogP contribution in [0.15, 0.2) is 46.5 Å². The summed E-state index contributed by atoms with van der Waals surface area (Å²) in [6.07, 6.45) is 1.82. The van der Waals surface area contributed by atoms with Crippen molar-refractivity contribution in [2.45, 2.75) is 37.3 Å². The average Bonchev–Trinajstić information content (AvgIpc) is 3.24. The van der Waals surface area contributed by atoms with Gasteiger partial charge in [0.1, 0.15) is 11.2 Å². The first-order chi connectivity index (χ1) is 15.9. The standard InChI is InChI=1S/C25H30N4O3S/c1-6-26-24(18-8-10-20(31-4)21(14-18)32-5)29-12-11-16-13-17(7-9-19(16)29)23-25(2,3)33-22(15-30)27-28-23/h7-10,13-15,22,27H,6,11-12H2,1-5H3. The molecular weight excluding hydrogens is 436 g/mol. The van der Waals surface area contributed by atoms with Gasteiger partial charge in [0.25, 0.3) is 0 Å². The van der Waals surface area contributed by atoms with Gasteiger partial charge in [0.05, 0.1) is 24.7 Å². The third kappa shape index (κ3) is 4.44. The lowest BCUT2D eigenvalue weighted by Gasteiger charge is -2.33. The van der Waals surface area contributed by atoms with Crippen molar-refractivity contribution in [3.05, 3.63) is 53.1 Å². The Morgan fingerprint density at radius 3 is 2.70 bits per heavy atom. The van der Waals surface area contributed by atoms with E-state index in [-0.39, 0.29) is 10.1 Å². The number of benzene rings is 2. The normalized spacial score (nSPS) is 19.4. The number of nitrogens with zero attached hydrogens (tertiary/aromatic N) is 3. The summed E-state index contributed by atoms with van der Waals surface area (Å²) < 4.78 is 10.6. The highest BCUT2D eigenvalue weighted by atomic mass is 32.2. The molecule has 174 valence electrons. The summed E-state index contributed by atoms with van der Waals surface area (Å²) in [5.41, 5.74) is 8.39. The van der Waals surface area contributed by atoms with Gasteiger partial charge in [-0.1, -0.05) is 6.07 Å². The number of nitrogens with one attached hydrogen (secondary N) is 1. The monoisotopic (exact) mass is 466 g/mol. The summed E-state index contributed by atoms with van der Waals surface area (Å²) >= 11 is 1.58. The highest BCUT2D eigenvalue weighted by Gasteiger charge is 2.35. The first-order valence-corrected chi connectivity index (χ1v) is 11.9. The third-order valence-electron chi connectivity index (χ3n) is 5.87. The molecule has 0 amide bonds. The minimum Gasteiger partial charge on any atom is -0.493 e. The molecule has 0 saturated heterocycles. The number of carbonyl (C=O) groups is 1. The molecule has 7 nitrogen and oxygen atoms in total. The Bertz CT molecular complexity index is 1110. The van der Waals surface area contributed by atoms with Gasteiger partial charge in [0, 0.05) is 24.3 Å². The van der Waals surface area contributed by atoms with Crippen molar-refractivity contribution in [2.24, 2.45) is 10.1 Å². The fourth-order valence-electron chi connectivity index (χ4n) is 4.36. The van der Waals surface area contributed by atoms with E-state index in [4.69, 9.17) is 14.5 Å². The average molecular weight is 467 g/mol. The van der Waals surface area contributed by atoms with Crippen LogP contribution in [0, 0.1) is 0 Å². The molecule has 0 radical (unpaired) electrons. The van der Waals surface area contributed by atoms with Gasteiger partial charge in [-0.2, -0.15) is 5.10 Å². The Morgan fingerprint density at radius 1 is 1.24 bits per heavy atom. The van der Waals surface area contributed by atoms with Crippen LogP contribution in [0.4, 0.5) is 5.69 Å². The molecule has 4 rings (SSSR count). The molecule has 33 heavy (non-hydrogen) atoms. The van der Waals surface area contributed by atoms with E-state index in [2.05, 4.69) is 47.5 Å². The van der Waals surface area contributed by atoms with Crippen LogP contribution in [0.25, 0.3) is 0 Å². The molecule has 0 fully saturated rings. The SMILES string of the molecule is CCN=C(c1ccc(OC)c(OC)c1)N1CCc2cc(C3=NNC(C=O)SC3(C)C)ccc21. The number of amidine groups is 1. The number of hydrazone groups is 1. The lowest BCUT2D eigenvalue weighted by atomic mass is 9.96. The summed E-state index contributed by atoms with van der Waals surface area (Å²) in [5, 5.41) is 4.23. The highest BCUT2D eigenvalue weighted by molar-refractivity contribution is 8.02. The second-order valence-corrected chi connectivity index (χ2v) is 10.2. The first-order valence-electron chi connectivity index (χ1n) is 11.1. The number of carbonyl (C=O) groups excluding carboxylic acids is 1. The van der Waals surface area contributed by atoms with Crippen molar-refractivity contribution >= 4 is 35.3 Å². The lowest BCUT2D eigenvalue weighted by molar-refractivity contribution is -0.107. The number of anilines is 1. The fourth-order valence-corrected chi connectivity index (χ4v) is 5.43. The van der Waals surface area contributed by atoms with Crippen LogP contribution in [-0.4, -0.2) is 55.3 Å². The van der Waals surface area contributed by atoms with Crippen molar-refractivity contribution in [1.29, 1.82) is 0 Å². The number of rotatable bonds is 6. The molecule has 2 aromatic rings. The Hall–Kier alpha value is -3.00. The Morgan fingerprint density at radius 2 is 2.03 bits per heavy atom. The number of thioether (sulfide) groups is 1. The van der Waals surface area contributed by atoms with Gasteiger partial charge in [-0.05, 0) is 68.7 Å². The quantitative estimate of drug-likeness (QED) is 0.396. The van der Waals surface area contributed by atoms with Crippen LogP contribution in [0.1, 0.15) is 37.5 Å². The molecule has 1 N–H and O–H groups in total. The molecule has 8 heteroatoms. The van der Waals surface area contributed by atoms with E-state index in [1.807, 2.05) is 25.1 Å². The fraction of sp³-hybridized carbons (Fsp3) is 0.400. The van der Waals surface area contributed by atoms with Crippen LogP contribution >= 0.6 is 11.8 Å². The molecular formula is C25H30N4O3S. The minimum atomic E-state index is -0.317. The third-order valence-corrected chi connectivity index (χ3v) is 7.13. The number of aldehydes is 1. The van der Waals surface area contributed by atoms with Gasteiger partial charge in [0.15, 0.2) is 17.8 Å². The summed E-state index contributed by atoms with van der Waals surface area (Å²) in [5.74, 6) is 2.30. The van der Waals surface area contributed by atoms with Crippen molar-refractivity contribution in [3.8, 4) is 11.5 Å². The Kier molecular flexibility index (Phi) is 6.65. The molecule has 0 bridgehead atoms. The van der Waals surface area contributed by atoms with E-state index in [0.717, 1.165) is 47.6 Å². The molecule has 1 atom stereocenters. The van der Waals surface area contributed by atoms with Crippen LogP contribution in [0.2, 0.25) is 0 Å². The van der Waals surface area contributed by atoms with Crippen LogP contribution < -0.4 is 19.8 Å². The largest absolute Gasteiger partial charge is 0.493 e. The predicted molar refractivity (Wildman–Crippen MR) is 135 cm³/mol. The highest BCUT2D eigenvalue weighted by Crippen LogP contribution is 2.37. The van der Waals surface area contributed by atoms with E-state index in [9.17, 15) is 4.79 Å². The maximum atomic E-state index is 11.2. The molecule has 2 aliphatic heterocycles. The predicted octanol–water partition coefficient (Wildman–Crippen LogP) is 3.88. The number of methoxy groups -OCH3 is 2. The lowest BCUT2D eigenvalue weighted by Crippen LogP contribution is -2.42. The first kappa shape index (κ1) is 23.2. The Balaban J connectivity index is 1.68. The van der Waals surface area contributed by atoms with Crippen LogP contribution in [0.3, 0.4) is 0 Å². The van der Waals surface area contributed by atoms with Gasteiger partial charge >= 0.3 is 0 Å². The number of hydrogen-bond donors (Lipinski definition) is 1. The van der Waals surface area contributed by atoms with E-state index in [1.54, 1.807) is 26.0 Å². The van der Waals surface area contributed by atoms with E-state index in [0.29, 0.717) is 18.0 Å². The number of aliphatic imine (C=N–C) groups is 1. The molecule has 2 heterocycles. The second-order valence-electron chi connectivity index (χ2n) is 8.39. The molecule has 0 spiro atoms. The topological polar surface area (TPSA) is 75.5 Å².